The van der Waals surface area contributed by atoms with Crippen LogP contribution in [0, 0.1) is 0 Å². The van der Waals surface area contributed by atoms with E-state index in [2.05, 4.69) is 36.2 Å². The summed E-state index contributed by atoms with van der Waals surface area (Å²) in [6, 6.07) is 4.06. The highest BCUT2D eigenvalue weighted by Crippen LogP contribution is 2.15. The molecule has 16 heavy (non-hydrogen) atoms. The molecule has 1 N–H and O–H groups in total. The van der Waals surface area contributed by atoms with E-state index in [1.54, 1.807) is 18.6 Å². The summed E-state index contributed by atoms with van der Waals surface area (Å²) < 4.78 is 0.868. The lowest BCUT2D eigenvalue weighted by molar-refractivity contribution is 0.852. The standard InChI is InChI=1S/C11H11BrN4/c1-8(9-3-2-4-13-5-9)16-11-14-6-10(12)7-15-11/h2-8H,1H3,(H,14,15,16). The Bertz CT molecular complexity index is 443. The number of rotatable bonds is 3. The van der Waals surface area contributed by atoms with E-state index in [1.807, 2.05) is 25.3 Å². The number of hydrogen-bond donors (Lipinski definition) is 1. The first kappa shape index (κ1) is 11.0. The van der Waals surface area contributed by atoms with Crippen molar-refractivity contribution in [3.05, 3.63) is 47.0 Å². The van der Waals surface area contributed by atoms with Crippen molar-refractivity contribution in [1.82, 2.24) is 15.0 Å². The number of anilines is 1. The maximum absolute atomic E-state index is 4.15. The van der Waals surface area contributed by atoms with Crippen LogP contribution in [-0.4, -0.2) is 15.0 Å². The normalized spacial score (nSPS) is 12.1. The Labute approximate surface area is 102 Å². The van der Waals surface area contributed by atoms with Crippen LogP contribution in [0.3, 0.4) is 0 Å². The van der Waals surface area contributed by atoms with Crippen molar-refractivity contribution in [2.24, 2.45) is 0 Å². The molecule has 0 aliphatic carbocycles. The lowest BCUT2D eigenvalue weighted by atomic mass is 10.1. The second-order valence-corrected chi connectivity index (χ2v) is 4.29. The van der Waals surface area contributed by atoms with Crippen molar-refractivity contribution < 1.29 is 0 Å². The topological polar surface area (TPSA) is 50.7 Å². The quantitative estimate of drug-likeness (QED) is 0.938. The molecule has 1 atom stereocenters. The fraction of sp³-hybridized carbons (Fsp3) is 0.182. The van der Waals surface area contributed by atoms with Gasteiger partial charge in [0.1, 0.15) is 0 Å². The molecule has 2 aromatic rings. The summed E-state index contributed by atoms with van der Waals surface area (Å²) in [6.45, 7) is 2.04. The van der Waals surface area contributed by atoms with E-state index in [4.69, 9.17) is 0 Å². The fourth-order valence-corrected chi connectivity index (χ4v) is 1.50. The van der Waals surface area contributed by atoms with Gasteiger partial charge in [-0.1, -0.05) is 6.07 Å². The molecule has 2 aromatic heterocycles. The van der Waals surface area contributed by atoms with Gasteiger partial charge >= 0.3 is 0 Å². The van der Waals surface area contributed by atoms with Crippen LogP contribution >= 0.6 is 15.9 Å². The van der Waals surface area contributed by atoms with Crippen LogP contribution in [0.25, 0.3) is 0 Å². The zero-order chi connectivity index (χ0) is 11.4. The Kier molecular flexibility index (Phi) is 3.46. The molecule has 0 aliphatic rings. The lowest BCUT2D eigenvalue weighted by Gasteiger charge is -2.13. The minimum atomic E-state index is 0.134. The number of pyridine rings is 1. The van der Waals surface area contributed by atoms with Crippen molar-refractivity contribution in [3.63, 3.8) is 0 Å². The Morgan fingerprint density at radius 2 is 2.00 bits per heavy atom. The average Bonchev–Trinajstić information content (AvgIpc) is 2.33. The Balaban J connectivity index is 2.08. The van der Waals surface area contributed by atoms with Crippen molar-refractivity contribution >= 4 is 21.9 Å². The predicted octanol–water partition coefficient (Wildman–Crippen LogP) is 2.81. The van der Waals surface area contributed by atoms with Gasteiger partial charge in [-0.3, -0.25) is 4.98 Å². The van der Waals surface area contributed by atoms with Gasteiger partial charge < -0.3 is 5.32 Å². The molecule has 0 saturated heterocycles. The van der Waals surface area contributed by atoms with Crippen LogP contribution < -0.4 is 5.32 Å². The van der Waals surface area contributed by atoms with Crippen LogP contribution in [0.2, 0.25) is 0 Å². The molecular formula is C11H11BrN4. The molecule has 5 heteroatoms. The van der Waals surface area contributed by atoms with Crippen LogP contribution in [0.4, 0.5) is 5.95 Å². The summed E-state index contributed by atoms with van der Waals surface area (Å²) in [4.78, 5) is 12.4. The molecule has 2 rings (SSSR count). The molecule has 0 bridgehead atoms. The first-order chi connectivity index (χ1) is 7.75. The monoisotopic (exact) mass is 278 g/mol. The highest BCUT2D eigenvalue weighted by molar-refractivity contribution is 9.10. The van der Waals surface area contributed by atoms with E-state index in [1.165, 1.54) is 0 Å². The lowest BCUT2D eigenvalue weighted by Crippen LogP contribution is -2.09. The second-order valence-electron chi connectivity index (χ2n) is 3.38. The summed E-state index contributed by atoms with van der Waals surface area (Å²) in [5.74, 6) is 0.611. The summed E-state index contributed by atoms with van der Waals surface area (Å²) in [7, 11) is 0. The number of aromatic nitrogens is 3. The van der Waals surface area contributed by atoms with Gasteiger partial charge in [0.05, 0.1) is 10.5 Å². The van der Waals surface area contributed by atoms with E-state index in [9.17, 15) is 0 Å². The van der Waals surface area contributed by atoms with E-state index >= 15 is 0 Å². The first-order valence-electron chi connectivity index (χ1n) is 4.90. The molecule has 0 radical (unpaired) electrons. The van der Waals surface area contributed by atoms with Gasteiger partial charge in [0.25, 0.3) is 0 Å². The molecule has 0 saturated carbocycles. The molecule has 82 valence electrons. The molecule has 0 fully saturated rings. The molecule has 0 aliphatic heterocycles. The second kappa shape index (κ2) is 5.03. The van der Waals surface area contributed by atoms with Gasteiger partial charge in [0, 0.05) is 24.8 Å². The minimum Gasteiger partial charge on any atom is -0.348 e. The number of nitrogens with zero attached hydrogens (tertiary/aromatic N) is 3. The number of halogens is 1. The summed E-state index contributed by atoms with van der Waals surface area (Å²) in [5, 5.41) is 3.20. The van der Waals surface area contributed by atoms with Gasteiger partial charge in [-0.25, -0.2) is 9.97 Å². The van der Waals surface area contributed by atoms with Crippen LogP contribution in [-0.2, 0) is 0 Å². The number of hydrogen-bond acceptors (Lipinski definition) is 4. The Morgan fingerprint density at radius 3 is 2.62 bits per heavy atom. The van der Waals surface area contributed by atoms with Crippen molar-refractivity contribution in [2.45, 2.75) is 13.0 Å². The zero-order valence-corrected chi connectivity index (χ0v) is 10.3. The largest absolute Gasteiger partial charge is 0.348 e. The number of nitrogens with one attached hydrogen (secondary N) is 1. The third-order valence-corrected chi connectivity index (χ3v) is 2.56. The van der Waals surface area contributed by atoms with E-state index in [0.29, 0.717) is 5.95 Å². The average molecular weight is 279 g/mol. The molecule has 1 unspecified atom stereocenters. The van der Waals surface area contributed by atoms with Crippen molar-refractivity contribution in [1.29, 1.82) is 0 Å². The van der Waals surface area contributed by atoms with Crippen LogP contribution in [0.15, 0.2) is 41.4 Å². The molecule has 2 heterocycles. The van der Waals surface area contributed by atoms with E-state index in [0.717, 1.165) is 10.0 Å². The van der Waals surface area contributed by atoms with Crippen LogP contribution in [0.5, 0.6) is 0 Å². The molecule has 4 nitrogen and oxygen atoms in total. The fourth-order valence-electron chi connectivity index (χ4n) is 1.30. The highest BCUT2D eigenvalue weighted by atomic mass is 79.9. The SMILES string of the molecule is CC(Nc1ncc(Br)cn1)c1cccnc1. The Morgan fingerprint density at radius 1 is 1.25 bits per heavy atom. The van der Waals surface area contributed by atoms with Gasteiger partial charge in [0.15, 0.2) is 0 Å². The van der Waals surface area contributed by atoms with E-state index < -0.39 is 0 Å². The van der Waals surface area contributed by atoms with Gasteiger partial charge in [-0.15, -0.1) is 0 Å². The maximum atomic E-state index is 4.15. The third-order valence-electron chi connectivity index (χ3n) is 2.15. The first-order valence-corrected chi connectivity index (χ1v) is 5.69. The van der Waals surface area contributed by atoms with E-state index in [-0.39, 0.29) is 6.04 Å². The molecule has 0 amide bonds. The highest BCUT2D eigenvalue weighted by Gasteiger charge is 2.06. The van der Waals surface area contributed by atoms with Gasteiger partial charge in [-0.2, -0.15) is 0 Å². The summed E-state index contributed by atoms with van der Waals surface area (Å²) in [5.41, 5.74) is 1.11. The predicted molar refractivity (Wildman–Crippen MR) is 66.0 cm³/mol. The Hall–Kier alpha value is -1.49. The minimum absolute atomic E-state index is 0.134. The zero-order valence-electron chi connectivity index (χ0n) is 8.76. The van der Waals surface area contributed by atoms with Gasteiger partial charge in [0.2, 0.25) is 5.95 Å². The summed E-state index contributed by atoms with van der Waals surface area (Å²) >= 11 is 3.29. The maximum Gasteiger partial charge on any atom is 0.223 e. The van der Waals surface area contributed by atoms with Gasteiger partial charge in [-0.05, 0) is 34.5 Å². The molecular weight excluding hydrogens is 268 g/mol. The molecule has 0 spiro atoms. The van der Waals surface area contributed by atoms with Crippen LogP contribution in [0.1, 0.15) is 18.5 Å². The molecule has 0 aromatic carbocycles. The smallest absolute Gasteiger partial charge is 0.223 e. The van der Waals surface area contributed by atoms with Crippen molar-refractivity contribution in [2.75, 3.05) is 5.32 Å². The van der Waals surface area contributed by atoms with Crippen molar-refractivity contribution in [3.8, 4) is 0 Å². The third kappa shape index (κ3) is 2.76. The summed E-state index contributed by atoms with van der Waals surface area (Å²) in [6.07, 6.45) is 7.01.